The summed E-state index contributed by atoms with van der Waals surface area (Å²) in [6.07, 6.45) is 0.694. The van der Waals surface area contributed by atoms with E-state index in [1.807, 2.05) is 36.4 Å². The van der Waals surface area contributed by atoms with Crippen LogP contribution in [0.4, 0.5) is 0 Å². The number of amides is 1. The highest BCUT2D eigenvalue weighted by atomic mass is 35.5. The number of rotatable bonds is 6. The summed E-state index contributed by atoms with van der Waals surface area (Å²) in [5.41, 5.74) is 0.543. The van der Waals surface area contributed by atoms with E-state index in [9.17, 15) is 9.59 Å². The SMILES string of the molecule is O=C([C@H]1COc2ccccc2O1)N1CCN(Cc2cc(=O)c(OCc3ccccc3Cl)co2)CC1. The van der Waals surface area contributed by atoms with E-state index in [1.165, 1.54) is 12.3 Å². The van der Waals surface area contributed by atoms with Gasteiger partial charge in [0, 0.05) is 42.8 Å². The summed E-state index contributed by atoms with van der Waals surface area (Å²) in [4.78, 5) is 29.3. The Kier molecular flexibility index (Phi) is 6.92. The van der Waals surface area contributed by atoms with Gasteiger partial charge in [0.25, 0.3) is 5.91 Å². The number of benzene rings is 2. The monoisotopic (exact) mass is 496 g/mol. The number of carbonyl (C=O) groups excluding carboxylic acids is 1. The van der Waals surface area contributed by atoms with Gasteiger partial charge < -0.3 is 23.5 Å². The number of ether oxygens (including phenoxy) is 3. The van der Waals surface area contributed by atoms with Gasteiger partial charge >= 0.3 is 0 Å². The third kappa shape index (κ3) is 5.44. The lowest BCUT2D eigenvalue weighted by molar-refractivity contribution is -0.143. The normalized spacial score (nSPS) is 17.7. The van der Waals surface area contributed by atoms with Crippen molar-refractivity contribution in [1.82, 2.24) is 9.80 Å². The number of carbonyl (C=O) groups is 1. The van der Waals surface area contributed by atoms with Gasteiger partial charge in [0.15, 0.2) is 11.5 Å². The average Bonchev–Trinajstić information content (AvgIpc) is 2.89. The van der Waals surface area contributed by atoms with E-state index in [0.29, 0.717) is 55.0 Å². The summed E-state index contributed by atoms with van der Waals surface area (Å²) >= 11 is 6.13. The van der Waals surface area contributed by atoms with Crippen LogP contribution in [0.5, 0.6) is 17.2 Å². The van der Waals surface area contributed by atoms with Crippen LogP contribution in [0.25, 0.3) is 0 Å². The lowest BCUT2D eigenvalue weighted by atomic mass is 10.2. The molecule has 182 valence electrons. The number of para-hydroxylation sites is 2. The average molecular weight is 497 g/mol. The zero-order chi connectivity index (χ0) is 24.2. The molecule has 0 bridgehead atoms. The van der Waals surface area contributed by atoms with Gasteiger partial charge in [-0.1, -0.05) is 41.9 Å². The minimum atomic E-state index is -0.646. The summed E-state index contributed by atoms with van der Waals surface area (Å²) in [5.74, 6) is 1.85. The fourth-order valence-electron chi connectivity index (χ4n) is 4.09. The maximum absolute atomic E-state index is 12.9. The second kappa shape index (κ2) is 10.4. The molecule has 1 amide bonds. The van der Waals surface area contributed by atoms with Gasteiger partial charge in [0.05, 0.1) is 6.54 Å². The van der Waals surface area contributed by atoms with Crippen molar-refractivity contribution in [1.29, 1.82) is 0 Å². The molecule has 2 aliphatic heterocycles. The topological polar surface area (TPSA) is 81.5 Å². The Labute approximate surface area is 207 Å². The zero-order valence-corrected chi connectivity index (χ0v) is 19.8. The van der Waals surface area contributed by atoms with Gasteiger partial charge in [0.2, 0.25) is 17.3 Å². The second-order valence-corrected chi connectivity index (χ2v) is 8.83. The molecule has 1 saturated heterocycles. The number of hydrogen-bond donors (Lipinski definition) is 0. The van der Waals surface area contributed by atoms with Crippen LogP contribution in [-0.4, -0.2) is 54.6 Å². The van der Waals surface area contributed by atoms with Crippen LogP contribution >= 0.6 is 11.6 Å². The molecule has 35 heavy (non-hydrogen) atoms. The molecule has 8 nitrogen and oxygen atoms in total. The van der Waals surface area contributed by atoms with Crippen molar-refractivity contribution in [2.24, 2.45) is 0 Å². The summed E-state index contributed by atoms with van der Waals surface area (Å²) in [6.45, 7) is 3.29. The number of nitrogens with zero attached hydrogens (tertiary/aromatic N) is 2. The first kappa shape index (κ1) is 23.3. The van der Waals surface area contributed by atoms with Crippen molar-refractivity contribution >= 4 is 17.5 Å². The first-order valence-corrected chi connectivity index (χ1v) is 11.8. The highest BCUT2D eigenvalue weighted by molar-refractivity contribution is 6.31. The molecule has 0 spiro atoms. The van der Waals surface area contributed by atoms with Crippen molar-refractivity contribution < 1.29 is 23.4 Å². The van der Waals surface area contributed by atoms with Crippen molar-refractivity contribution in [2.75, 3.05) is 32.8 Å². The van der Waals surface area contributed by atoms with E-state index in [4.69, 9.17) is 30.2 Å². The van der Waals surface area contributed by atoms with Crippen LogP contribution < -0.4 is 19.6 Å². The Bertz CT molecular complexity index is 1250. The third-order valence-corrected chi connectivity index (χ3v) is 6.41. The molecule has 0 unspecified atom stereocenters. The quantitative estimate of drug-likeness (QED) is 0.517. The first-order valence-electron chi connectivity index (χ1n) is 11.4. The number of fused-ring (bicyclic) bond motifs is 1. The Morgan fingerprint density at radius 1 is 1.03 bits per heavy atom. The summed E-state index contributed by atoms with van der Waals surface area (Å²) in [7, 11) is 0. The molecular weight excluding hydrogens is 472 g/mol. The highest BCUT2D eigenvalue weighted by Crippen LogP contribution is 2.31. The van der Waals surface area contributed by atoms with Crippen molar-refractivity contribution in [2.45, 2.75) is 19.3 Å². The predicted octanol–water partition coefficient (Wildman–Crippen LogP) is 3.36. The lowest BCUT2D eigenvalue weighted by Gasteiger charge is -2.36. The molecule has 3 heterocycles. The molecule has 1 aromatic heterocycles. The van der Waals surface area contributed by atoms with Crippen molar-refractivity contribution in [3.05, 3.63) is 87.4 Å². The van der Waals surface area contributed by atoms with Crippen LogP contribution in [0.2, 0.25) is 5.02 Å². The molecule has 1 atom stereocenters. The highest BCUT2D eigenvalue weighted by Gasteiger charge is 2.32. The van der Waals surface area contributed by atoms with Crippen molar-refractivity contribution in [3.63, 3.8) is 0 Å². The molecule has 2 aromatic carbocycles. The molecule has 1 fully saturated rings. The van der Waals surface area contributed by atoms with Gasteiger partial charge in [-0.25, -0.2) is 0 Å². The molecule has 0 N–H and O–H groups in total. The van der Waals surface area contributed by atoms with Gasteiger partial charge in [-0.2, -0.15) is 0 Å². The summed E-state index contributed by atoms with van der Waals surface area (Å²) in [6, 6.07) is 16.1. The van der Waals surface area contributed by atoms with E-state index in [-0.39, 0.29) is 30.3 Å². The molecule has 9 heteroatoms. The second-order valence-electron chi connectivity index (χ2n) is 8.42. The van der Waals surface area contributed by atoms with Gasteiger partial charge in [0.1, 0.15) is 25.2 Å². The summed E-state index contributed by atoms with van der Waals surface area (Å²) in [5, 5.41) is 0.582. The van der Waals surface area contributed by atoms with Crippen molar-refractivity contribution in [3.8, 4) is 17.2 Å². The summed E-state index contributed by atoms with van der Waals surface area (Å²) < 4.78 is 22.8. The number of hydrogen-bond acceptors (Lipinski definition) is 7. The molecule has 0 radical (unpaired) electrons. The molecular formula is C26H25ClN2O6. The van der Waals surface area contributed by atoms with Crippen LogP contribution in [-0.2, 0) is 17.9 Å². The van der Waals surface area contributed by atoms with Crippen LogP contribution in [0.15, 0.2) is 70.1 Å². The third-order valence-electron chi connectivity index (χ3n) is 6.04. The Hall–Kier alpha value is -3.49. The molecule has 0 aliphatic carbocycles. The molecule has 2 aliphatic rings. The fourth-order valence-corrected chi connectivity index (χ4v) is 4.28. The van der Waals surface area contributed by atoms with E-state index in [1.54, 1.807) is 17.0 Å². The Morgan fingerprint density at radius 3 is 2.54 bits per heavy atom. The van der Waals surface area contributed by atoms with Gasteiger partial charge in [-0.05, 0) is 18.2 Å². The lowest BCUT2D eigenvalue weighted by Crippen LogP contribution is -2.53. The molecule has 5 rings (SSSR count). The molecule has 0 saturated carbocycles. The zero-order valence-electron chi connectivity index (χ0n) is 19.0. The Balaban J connectivity index is 1.12. The number of halogens is 1. The van der Waals surface area contributed by atoms with E-state index in [2.05, 4.69) is 4.90 Å². The van der Waals surface area contributed by atoms with E-state index < -0.39 is 6.10 Å². The minimum Gasteiger partial charge on any atom is -0.485 e. The fraction of sp³-hybridized carbons (Fsp3) is 0.308. The molecule has 3 aromatic rings. The Morgan fingerprint density at radius 2 is 1.77 bits per heavy atom. The van der Waals surface area contributed by atoms with Gasteiger partial charge in [-0.3, -0.25) is 14.5 Å². The number of piperazine rings is 1. The van der Waals surface area contributed by atoms with Crippen LogP contribution in [0.3, 0.4) is 0 Å². The standard InChI is InChI=1S/C26H25ClN2O6/c27-20-6-2-1-5-18(20)15-33-24-16-32-19(13-21(24)30)14-28-9-11-29(12-10-28)26(31)25-17-34-22-7-3-4-8-23(22)35-25/h1-8,13,16,25H,9-12,14-15,17H2/t25-/m1/s1. The van der Waals surface area contributed by atoms with E-state index >= 15 is 0 Å². The van der Waals surface area contributed by atoms with Crippen LogP contribution in [0, 0.1) is 0 Å². The maximum atomic E-state index is 12.9. The minimum absolute atomic E-state index is 0.0780. The van der Waals surface area contributed by atoms with Crippen LogP contribution in [0.1, 0.15) is 11.3 Å². The largest absolute Gasteiger partial charge is 0.485 e. The van der Waals surface area contributed by atoms with E-state index in [0.717, 1.165) is 5.56 Å². The van der Waals surface area contributed by atoms with Gasteiger partial charge in [-0.15, -0.1) is 0 Å². The predicted molar refractivity (Wildman–Crippen MR) is 129 cm³/mol. The maximum Gasteiger partial charge on any atom is 0.267 e. The first-order chi connectivity index (χ1) is 17.1. The smallest absolute Gasteiger partial charge is 0.267 e.